The van der Waals surface area contributed by atoms with Crippen molar-refractivity contribution in [2.24, 2.45) is 5.92 Å². The highest BCUT2D eigenvalue weighted by molar-refractivity contribution is 5.93. The molecule has 1 aliphatic heterocycles. The second-order valence-electron chi connectivity index (χ2n) is 6.47. The summed E-state index contributed by atoms with van der Waals surface area (Å²) in [6.07, 6.45) is -3.34. The van der Waals surface area contributed by atoms with E-state index in [-0.39, 0.29) is 23.9 Å². The third-order valence-electron chi connectivity index (χ3n) is 3.98. The van der Waals surface area contributed by atoms with Gasteiger partial charge in [-0.05, 0) is 18.1 Å². The predicted molar refractivity (Wildman–Crippen MR) is 84.2 cm³/mol. The Balaban J connectivity index is 1.89. The molecule has 0 radical (unpaired) electrons. The Labute approximate surface area is 142 Å². The molecule has 6 nitrogen and oxygen atoms in total. The zero-order chi connectivity index (χ0) is 18.2. The highest BCUT2D eigenvalue weighted by Gasteiger charge is 2.47. The minimum atomic E-state index is -4.49. The van der Waals surface area contributed by atoms with E-state index in [0.29, 0.717) is 12.3 Å². The van der Waals surface area contributed by atoms with Crippen LogP contribution in [0.2, 0.25) is 0 Å². The van der Waals surface area contributed by atoms with Gasteiger partial charge >= 0.3 is 6.18 Å². The predicted octanol–water partition coefficient (Wildman–Crippen LogP) is 3.52. The van der Waals surface area contributed by atoms with Crippen molar-refractivity contribution in [2.75, 3.05) is 11.9 Å². The zero-order valence-corrected chi connectivity index (χ0v) is 13.8. The monoisotopic (exact) mass is 356 g/mol. The smallest absolute Gasteiger partial charge is 0.410 e. The lowest BCUT2D eigenvalue weighted by Gasteiger charge is -2.32. The second kappa shape index (κ2) is 6.45. The van der Waals surface area contributed by atoms with Gasteiger partial charge in [-0.15, -0.1) is 0 Å². The lowest BCUT2D eigenvalue weighted by molar-refractivity contribution is -0.174. The van der Waals surface area contributed by atoms with E-state index in [9.17, 15) is 18.0 Å². The number of carbonyl (C=O) groups excluding carboxylic acids is 1. The Morgan fingerprint density at radius 1 is 1.52 bits per heavy atom. The quantitative estimate of drug-likeness (QED) is 0.879. The first-order valence-corrected chi connectivity index (χ1v) is 8.00. The number of hydrogen-bond donors (Lipinski definition) is 2. The summed E-state index contributed by atoms with van der Waals surface area (Å²) in [5, 5.41) is 9.51. The van der Waals surface area contributed by atoms with Gasteiger partial charge in [-0.1, -0.05) is 13.8 Å². The van der Waals surface area contributed by atoms with Crippen molar-refractivity contribution in [3.05, 3.63) is 35.9 Å². The highest BCUT2D eigenvalue weighted by Crippen LogP contribution is 2.43. The van der Waals surface area contributed by atoms with E-state index in [0.717, 1.165) is 4.68 Å². The number of furan rings is 1. The minimum Gasteiger partial charge on any atom is -0.467 e. The largest absolute Gasteiger partial charge is 0.467 e. The van der Waals surface area contributed by atoms with E-state index in [2.05, 4.69) is 15.7 Å². The van der Waals surface area contributed by atoms with Gasteiger partial charge in [0.25, 0.3) is 5.91 Å². The Bertz CT molecular complexity index is 737. The average Bonchev–Trinajstić information content (AvgIpc) is 3.19. The van der Waals surface area contributed by atoms with Gasteiger partial charge in [0.2, 0.25) is 0 Å². The van der Waals surface area contributed by atoms with Crippen LogP contribution in [0, 0.1) is 5.92 Å². The van der Waals surface area contributed by atoms with Gasteiger partial charge in [0.05, 0.1) is 12.3 Å². The third-order valence-corrected chi connectivity index (χ3v) is 3.98. The van der Waals surface area contributed by atoms with Gasteiger partial charge in [0.15, 0.2) is 11.7 Å². The van der Waals surface area contributed by atoms with E-state index >= 15 is 0 Å². The molecule has 2 N–H and O–H groups in total. The van der Waals surface area contributed by atoms with Crippen LogP contribution in [-0.2, 0) is 0 Å². The van der Waals surface area contributed by atoms with E-state index in [1.165, 1.54) is 12.3 Å². The van der Waals surface area contributed by atoms with Crippen LogP contribution in [0.1, 0.15) is 48.6 Å². The number of halogens is 3. The molecule has 3 rings (SSSR count). The van der Waals surface area contributed by atoms with Gasteiger partial charge in [-0.25, -0.2) is 4.68 Å². The van der Waals surface area contributed by atoms with Crippen LogP contribution in [0.5, 0.6) is 0 Å². The van der Waals surface area contributed by atoms with Gasteiger partial charge in [0, 0.05) is 19.0 Å². The molecule has 0 saturated heterocycles. The maximum absolute atomic E-state index is 13.5. The third kappa shape index (κ3) is 3.64. The fourth-order valence-electron chi connectivity index (χ4n) is 2.75. The SMILES string of the molecule is CC(C)CNC(=O)c1cc2n(n1)C(C(F)(F)F)CC(c1ccco1)N2. The summed E-state index contributed by atoms with van der Waals surface area (Å²) >= 11 is 0. The van der Waals surface area contributed by atoms with Crippen molar-refractivity contribution in [3.8, 4) is 0 Å². The molecule has 0 aromatic carbocycles. The van der Waals surface area contributed by atoms with Crippen molar-refractivity contribution >= 4 is 11.7 Å². The molecule has 2 atom stereocenters. The van der Waals surface area contributed by atoms with E-state index in [1.807, 2.05) is 13.8 Å². The van der Waals surface area contributed by atoms with E-state index in [4.69, 9.17) is 4.42 Å². The lowest BCUT2D eigenvalue weighted by Crippen LogP contribution is -2.35. The molecule has 3 heterocycles. The number of aromatic nitrogens is 2. The maximum atomic E-state index is 13.5. The topological polar surface area (TPSA) is 72.1 Å². The first kappa shape index (κ1) is 17.4. The summed E-state index contributed by atoms with van der Waals surface area (Å²) in [6.45, 7) is 4.27. The molecule has 25 heavy (non-hydrogen) atoms. The Hall–Kier alpha value is -2.45. The van der Waals surface area contributed by atoms with Crippen LogP contribution >= 0.6 is 0 Å². The number of fused-ring (bicyclic) bond motifs is 1. The van der Waals surface area contributed by atoms with Crippen LogP contribution in [0.15, 0.2) is 28.9 Å². The lowest BCUT2D eigenvalue weighted by atomic mass is 10.0. The molecule has 1 amide bonds. The fourth-order valence-corrected chi connectivity index (χ4v) is 2.75. The summed E-state index contributed by atoms with van der Waals surface area (Å²) in [4.78, 5) is 12.1. The number of carbonyl (C=O) groups is 1. The molecular weight excluding hydrogens is 337 g/mol. The average molecular weight is 356 g/mol. The fraction of sp³-hybridized carbons (Fsp3) is 0.500. The molecule has 2 aromatic heterocycles. The Morgan fingerprint density at radius 3 is 2.88 bits per heavy atom. The van der Waals surface area contributed by atoms with Crippen molar-refractivity contribution in [1.82, 2.24) is 15.1 Å². The van der Waals surface area contributed by atoms with Gasteiger partial charge in [0.1, 0.15) is 11.6 Å². The Kier molecular flexibility index (Phi) is 4.49. The summed E-state index contributed by atoms with van der Waals surface area (Å²) in [5.41, 5.74) is -0.0440. The van der Waals surface area contributed by atoms with Gasteiger partial charge < -0.3 is 15.1 Å². The summed E-state index contributed by atoms with van der Waals surface area (Å²) in [7, 11) is 0. The molecule has 1 aliphatic rings. The number of nitrogens with one attached hydrogen (secondary N) is 2. The van der Waals surface area contributed by atoms with Crippen molar-refractivity contribution < 1.29 is 22.4 Å². The van der Waals surface area contributed by atoms with Crippen molar-refractivity contribution in [3.63, 3.8) is 0 Å². The van der Waals surface area contributed by atoms with E-state index < -0.39 is 24.2 Å². The number of nitrogens with zero attached hydrogens (tertiary/aromatic N) is 2. The highest BCUT2D eigenvalue weighted by atomic mass is 19.4. The normalized spacial score (nSPS) is 20.2. The van der Waals surface area contributed by atoms with Crippen molar-refractivity contribution in [2.45, 2.75) is 38.5 Å². The first-order valence-electron chi connectivity index (χ1n) is 8.00. The number of rotatable bonds is 4. The standard InChI is InChI=1S/C16H19F3N4O2/c1-9(2)8-20-15(24)11-7-14-21-10(12-4-3-5-25-12)6-13(16(17,18)19)23(14)22-11/h3-5,7,9-10,13,21H,6,8H2,1-2H3,(H,20,24). The van der Waals surface area contributed by atoms with Crippen LogP contribution in [-0.4, -0.2) is 28.4 Å². The van der Waals surface area contributed by atoms with Crippen LogP contribution in [0.4, 0.5) is 19.0 Å². The minimum absolute atomic E-state index is 0.0440. The molecule has 136 valence electrons. The Morgan fingerprint density at radius 2 is 2.28 bits per heavy atom. The van der Waals surface area contributed by atoms with Crippen LogP contribution in [0.25, 0.3) is 0 Å². The molecule has 2 unspecified atom stereocenters. The van der Waals surface area contributed by atoms with Crippen LogP contribution < -0.4 is 10.6 Å². The van der Waals surface area contributed by atoms with Crippen molar-refractivity contribution in [1.29, 1.82) is 0 Å². The first-order chi connectivity index (χ1) is 11.8. The number of hydrogen-bond acceptors (Lipinski definition) is 4. The van der Waals surface area contributed by atoms with Crippen LogP contribution in [0.3, 0.4) is 0 Å². The molecule has 9 heteroatoms. The summed E-state index contributed by atoms with van der Waals surface area (Å²) in [6, 6.07) is 2.11. The number of amides is 1. The molecule has 0 bridgehead atoms. The maximum Gasteiger partial charge on any atom is 0.410 e. The zero-order valence-electron chi connectivity index (χ0n) is 13.8. The molecule has 0 saturated carbocycles. The number of anilines is 1. The molecule has 0 fully saturated rings. The molecule has 0 aliphatic carbocycles. The summed E-state index contributed by atoms with van der Waals surface area (Å²) < 4.78 is 46.5. The van der Waals surface area contributed by atoms with Gasteiger partial charge in [-0.3, -0.25) is 4.79 Å². The molecular formula is C16H19F3N4O2. The second-order valence-corrected chi connectivity index (χ2v) is 6.47. The number of alkyl halides is 3. The summed E-state index contributed by atoms with van der Waals surface area (Å²) in [5.74, 6) is 0.288. The molecule has 2 aromatic rings. The molecule has 0 spiro atoms. The van der Waals surface area contributed by atoms with E-state index in [1.54, 1.807) is 12.1 Å². The van der Waals surface area contributed by atoms with Gasteiger partial charge in [-0.2, -0.15) is 18.3 Å².